The number of fused-ring (bicyclic) bond motifs is 6. The molecule has 250 valence electrons. The Labute approximate surface area is 272 Å². The molecule has 11 nitrogen and oxygen atoms in total. The van der Waals surface area contributed by atoms with Gasteiger partial charge in [0.2, 0.25) is 11.7 Å². The molecule has 7 atom stereocenters. The number of nitrogens with one attached hydrogen (secondary N) is 2. The third kappa shape index (κ3) is 5.62. The number of Topliss-reactive ketones (excluding diaryl/α,β-unsaturated/α-hetero) is 2. The van der Waals surface area contributed by atoms with Crippen LogP contribution in [0.2, 0.25) is 0 Å². The fourth-order valence-electron chi connectivity index (χ4n) is 9.39. The molecule has 0 spiro atoms. The van der Waals surface area contributed by atoms with E-state index >= 15 is 0 Å². The molecule has 1 aromatic heterocycles. The zero-order chi connectivity index (χ0) is 33.7. The Morgan fingerprint density at radius 1 is 1.06 bits per heavy atom. The predicted octanol–water partition coefficient (Wildman–Crippen LogP) is 3.61. The van der Waals surface area contributed by atoms with Gasteiger partial charge in [0.15, 0.2) is 12.4 Å². The summed E-state index contributed by atoms with van der Waals surface area (Å²) in [5, 5.41) is 24.8. The number of amides is 1. The van der Waals surface area contributed by atoms with Crippen LogP contribution in [0.3, 0.4) is 0 Å². The zero-order valence-electron chi connectivity index (χ0n) is 26.8. The van der Waals surface area contributed by atoms with Gasteiger partial charge in [0.25, 0.3) is 0 Å². The summed E-state index contributed by atoms with van der Waals surface area (Å²) < 4.78 is 5.20. The van der Waals surface area contributed by atoms with Crippen molar-refractivity contribution in [3.8, 4) is 0 Å². The third-order valence-corrected chi connectivity index (χ3v) is 11.9. The van der Waals surface area contributed by atoms with Gasteiger partial charge in [-0.1, -0.05) is 37.6 Å². The van der Waals surface area contributed by atoms with Crippen LogP contribution in [0.4, 0.5) is 0 Å². The average molecular weight is 647 g/mol. The first-order chi connectivity index (χ1) is 22.3. The molecule has 4 N–H and O–H groups in total. The molecule has 1 heterocycles. The first-order valence-electron chi connectivity index (χ1n) is 16.5. The molecular formula is C36H42N2O9. The zero-order valence-corrected chi connectivity index (χ0v) is 26.8. The summed E-state index contributed by atoms with van der Waals surface area (Å²) in [6, 6.07) is 6.20. The van der Waals surface area contributed by atoms with Crippen LogP contribution in [0, 0.1) is 28.6 Å². The monoisotopic (exact) mass is 646 g/mol. The van der Waals surface area contributed by atoms with Crippen LogP contribution >= 0.6 is 0 Å². The van der Waals surface area contributed by atoms with Gasteiger partial charge in [-0.3, -0.25) is 24.0 Å². The second-order valence-electron chi connectivity index (χ2n) is 14.4. The largest absolute Gasteiger partial charge is 0.480 e. The maximum Gasteiger partial charge on any atom is 0.326 e. The van der Waals surface area contributed by atoms with Gasteiger partial charge in [-0.15, -0.1) is 0 Å². The number of H-pyrrole nitrogens is 1. The highest BCUT2D eigenvalue weighted by Crippen LogP contribution is 2.66. The quantitative estimate of drug-likeness (QED) is 0.281. The summed E-state index contributed by atoms with van der Waals surface area (Å²) in [5.74, 6) is -3.57. The van der Waals surface area contributed by atoms with Crippen LogP contribution in [0.5, 0.6) is 0 Å². The van der Waals surface area contributed by atoms with Gasteiger partial charge in [0.05, 0.1) is 6.42 Å². The second-order valence-corrected chi connectivity index (χ2v) is 14.4. The number of benzene rings is 1. The Kier molecular flexibility index (Phi) is 8.48. The van der Waals surface area contributed by atoms with Crippen molar-refractivity contribution >= 4 is 46.1 Å². The summed E-state index contributed by atoms with van der Waals surface area (Å²) in [6.45, 7) is 3.20. The average Bonchev–Trinajstić information content (AvgIpc) is 3.56. The normalized spacial score (nSPS) is 32.1. The van der Waals surface area contributed by atoms with Crippen molar-refractivity contribution < 1.29 is 43.7 Å². The molecule has 4 aliphatic carbocycles. The summed E-state index contributed by atoms with van der Waals surface area (Å²) in [7, 11) is 0. The number of ether oxygens (including phenoxy) is 1. The molecule has 3 fully saturated rings. The Balaban J connectivity index is 1.03. The molecular weight excluding hydrogens is 604 g/mol. The molecule has 6 rings (SSSR count). The minimum absolute atomic E-state index is 0.00918. The summed E-state index contributed by atoms with van der Waals surface area (Å²) >= 11 is 0. The molecule has 1 amide bonds. The van der Waals surface area contributed by atoms with E-state index in [1.165, 1.54) is 0 Å². The fraction of sp³-hybridized carbons (Fsp3) is 0.556. The molecule has 4 aliphatic rings. The van der Waals surface area contributed by atoms with Crippen LogP contribution < -0.4 is 5.32 Å². The number of aliphatic carboxylic acids is 1. The van der Waals surface area contributed by atoms with Gasteiger partial charge in [0, 0.05) is 54.1 Å². The first kappa shape index (κ1) is 32.8. The molecule has 0 bridgehead atoms. The molecule has 3 saturated carbocycles. The van der Waals surface area contributed by atoms with Crippen LogP contribution in [-0.4, -0.2) is 68.6 Å². The van der Waals surface area contributed by atoms with Crippen molar-refractivity contribution in [1.82, 2.24) is 10.3 Å². The van der Waals surface area contributed by atoms with Crippen LogP contribution in [0.15, 0.2) is 42.1 Å². The Bertz CT molecular complexity index is 1690. The van der Waals surface area contributed by atoms with E-state index in [4.69, 9.17) is 4.74 Å². The van der Waals surface area contributed by atoms with Crippen molar-refractivity contribution in [3.63, 3.8) is 0 Å². The molecule has 1 aromatic carbocycles. The number of carbonyl (C=O) groups excluding carboxylic acids is 5. The number of carboxylic acids is 1. The van der Waals surface area contributed by atoms with Gasteiger partial charge in [0.1, 0.15) is 17.4 Å². The van der Waals surface area contributed by atoms with Crippen molar-refractivity contribution in [1.29, 1.82) is 0 Å². The maximum atomic E-state index is 13.8. The molecule has 0 radical (unpaired) electrons. The number of carboxylic acid groups (broad SMARTS) is 1. The minimum Gasteiger partial charge on any atom is -0.480 e. The first-order valence-corrected chi connectivity index (χ1v) is 16.5. The lowest BCUT2D eigenvalue weighted by molar-refractivity contribution is -0.173. The van der Waals surface area contributed by atoms with Crippen molar-refractivity contribution in [2.45, 2.75) is 89.7 Å². The fourth-order valence-corrected chi connectivity index (χ4v) is 9.39. The predicted molar refractivity (Wildman–Crippen MR) is 169 cm³/mol. The highest BCUT2D eigenvalue weighted by Gasteiger charge is 2.68. The number of hydrogen-bond donors (Lipinski definition) is 4. The number of esters is 1. The third-order valence-electron chi connectivity index (χ3n) is 11.9. The SMILES string of the molecule is C[C@]12CCC(=O)C=C1CC[C@H]1[C@H]2C(=O)C[C@@]2(C)[C@@H]1CC[C@]2(O)C(=O)COC(=O)CCC(=O)N[C@@H](Cc1c[nH]c2ccccc12)C(=O)O. The number of aromatic nitrogens is 1. The van der Waals surface area contributed by atoms with E-state index in [1.54, 1.807) is 19.2 Å². The Morgan fingerprint density at radius 3 is 2.60 bits per heavy atom. The lowest BCUT2D eigenvalue weighted by Gasteiger charge is -2.57. The van der Waals surface area contributed by atoms with E-state index < -0.39 is 47.3 Å². The number of para-hydroxylation sites is 1. The Morgan fingerprint density at radius 2 is 1.83 bits per heavy atom. The second kappa shape index (κ2) is 12.2. The number of ketones is 3. The number of aromatic amines is 1. The standard InChI is InChI=1S/C36H42N2O9/c1-34-13-11-22(39)16-21(34)7-8-24-25-12-14-36(46,35(25,2)17-28(40)32(24)34)29(41)19-47-31(43)10-9-30(42)38-27(33(44)45)15-20-18-37-26-6-4-3-5-23(20)26/h3-6,16,18,24-25,27,32,37,46H,7-15,17,19H2,1-2H3,(H,38,42)(H,44,45)/t24-,25-,27+,32+,34+,35+,36+/m1/s1. The van der Waals surface area contributed by atoms with Crippen molar-refractivity contribution in [2.75, 3.05) is 6.61 Å². The van der Waals surface area contributed by atoms with Gasteiger partial charge < -0.3 is 25.3 Å². The topological polar surface area (TPSA) is 180 Å². The van der Waals surface area contributed by atoms with Crippen LogP contribution in [-0.2, 0) is 39.9 Å². The number of aliphatic hydroxyl groups is 1. The highest BCUT2D eigenvalue weighted by molar-refractivity contribution is 5.95. The van der Waals surface area contributed by atoms with E-state index in [0.29, 0.717) is 19.3 Å². The molecule has 0 unspecified atom stereocenters. The van der Waals surface area contributed by atoms with Crippen molar-refractivity contribution in [2.24, 2.45) is 28.6 Å². The van der Waals surface area contributed by atoms with E-state index in [0.717, 1.165) is 34.9 Å². The van der Waals surface area contributed by atoms with Crippen LogP contribution in [0.1, 0.15) is 77.2 Å². The van der Waals surface area contributed by atoms with Gasteiger partial charge >= 0.3 is 11.9 Å². The number of rotatable bonds is 10. The minimum atomic E-state index is -1.84. The van der Waals surface area contributed by atoms with E-state index in [1.807, 2.05) is 24.3 Å². The van der Waals surface area contributed by atoms with Gasteiger partial charge in [-0.25, -0.2) is 4.79 Å². The smallest absolute Gasteiger partial charge is 0.326 e. The molecule has 47 heavy (non-hydrogen) atoms. The summed E-state index contributed by atoms with van der Waals surface area (Å²) in [5.41, 5.74) is -0.613. The molecule has 0 aliphatic heterocycles. The molecule has 0 saturated heterocycles. The maximum absolute atomic E-state index is 13.8. The van der Waals surface area contributed by atoms with Crippen LogP contribution in [0.25, 0.3) is 10.9 Å². The summed E-state index contributed by atoms with van der Waals surface area (Å²) in [4.78, 5) is 79.5. The van der Waals surface area contributed by atoms with E-state index in [9.17, 15) is 39.0 Å². The molecule has 11 heteroatoms. The highest BCUT2D eigenvalue weighted by atomic mass is 16.5. The lowest BCUT2D eigenvalue weighted by atomic mass is 9.46. The van der Waals surface area contributed by atoms with E-state index in [2.05, 4.69) is 17.2 Å². The van der Waals surface area contributed by atoms with Gasteiger partial charge in [-0.05, 0) is 67.1 Å². The number of carbonyl (C=O) groups is 6. The van der Waals surface area contributed by atoms with Crippen molar-refractivity contribution in [3.05, 3.63) is 47.7 Å². The Hall–Kier alpha value is -4.12. The lowest BCUT2D eigenvalue weighted by Crippen LogP contribution is -2.61. The van der Waals surface area contributed by atoms with Gasteiger partial charge in [-0.2, -0.15) is 0 Å². The molecule has 2 aromatic rings. The number of hydrogen-bond acceptors (Lipinski definition) is 8. The summed E-state index contributed by atoms with van der Waals surface area (Å²) in [6.07, 6.45) is 6.00. The van der Waals surface area contributed by atoms with E-state index in [-0.39, 0.29) is 66.8 Å². The number of allylic oxidation sites excluding steroid dienone is 1.